The Kier molecular flexibility index (Phi) is 2.98. The standard InChI is InChI=1S/C14H16N2O3/c17-13(18)8-16(12-3-4-12)14(19)9-1-2-10-6-15-7-11(10)5-9/h1-2,5,12,15H,3-4,6-8H2,(H,17,18). The van der Waals surface area contributed by atoms with E-state index in [1.807, 2.05) is 12.1 Å². The minimum Gasteiger partial charge on any atom is -0.480 e. The van der Waals surface area contributed by atoms with E-state index < -0.39 is 5.97 Å². The van der Waals surface area contributed by atoms with Crippen LogP contribution in [0.2, 0.25) is 0 Å². The van der Waals surface area contributed by atoms with Gasteiger partial charge < -0.3 is 15.3 Å². The van der Waals surface area contributed by atoms with E-state index in [1.165, 1.54) is 10.5 Å². The Hall–Kier alpha value is -1.88. The van der Waals surface area contributed by atoms with Crippen molar-refractivity contribution >= 4 is 11.9 Å². The number of carboxylic acid groups (broad SMARTS) is 1. The molecule has 0 radical (unpaired) electrons. The minimum atomic E-state index is -0.955. The molecule has 19 heavy (non-hydrogen) atoms. The van der Waals surface area contributed by atoms with Gasteiger partial charge in [-0.25, -0.2) is 0 Å². The van der Waals surface area contributed by atoms with Crippen molar-refractivity contribution in [3.63, 3.8) is 0 Å². The lowest BCUT2D eigenvalue weighted by Gasteiger charge is -2.20. The number of carboxylic acids is 1. The van der Waals surface area contributed by atoms with Gasteiger partial charge in [0.05, 0.1) is 0 Å². The number of hydrogen-bond acceptors (Lipinski definition) is 3. The van der Waals surface area contributed by atoms with Gasteiger partial charge in [0.1, 0.15) is 6.54 Å². The Bertz CT molecular complexity index is 537. The van der Waals surface area contributed by atoms with Crippen LogP contribution in [0.5, 0.6) is 0 Å². The van der Waals surface area contributed by atoms with Crippen LogP contribution in [0.1, 0.15) is 34.3 Å². The molecule has 5 heteroatoms. The maximum Gasteiger partial charge on any atom is 0.323 e. The predicted octanol–water partition coefficient (Wildman–Crippen LogP) is 0.979. The number of carbonyl (C=O) groups is 2. The number of nitrogens with zero attached hydrogens (tertiary/aromatic N) is 1. The molecule has 3 rings (SSSR count). The number of amides is 1. The summed E-state index contributed by atoms with van der Waals surface area (Å²) in [5.41, 5.74) is 2.94. The molecule has 1 aromatic carbocycles. The lowest BCUT2D eigenvalue weighted by atomic mass is 10.1. The van der Waals surface area contributed by atoms with Crippen LogP contribution in [0.25, 0.3) is 0 Å². The largest absolute Gasteiger partial charge is 0.480 e. The zero-order valence-corrected chi connectivity index (χ0v) is 10.6. The van der Waals surface area contributed by atoms with Crippen LogP contribution >= 0.6 is 0 Å². The van der Waals surface area contributed by atoms with Crippen molar-refractivity contribution < 1.29 is 14.7 Å². The molecule has 0 spiro atoms. The first-order valence-electron chi connectivity index (χ1n) is 6.50. The molecule has 5 nitrogen and oxygen atoms in total. The Morgan fingerprint density at radius 2 is 2.00 bits per heavy atom. The Morgan fingerprint density at radius 1 is 1.26 bits per heavy atom. The molecule has 0 bridgehead atoms. The normalized spacial score (nSPS) is 17.1. The molecule has 1 saturated carbocycles. The van der Waals surface area contributed by atoms with Crippen molar-refractivity contribution in [3.8, 4) is 0 Å². The second-order valence-corrected chi connectivity index (χ2v) is 5.15. The Balaban J connectivity index is 1.83. The Labute approximate surface area is 111 Å². The highest BCUT2D eigenvalue weighted by molar-refractivity contribution is 5.96. The SMILES string of the molecule is O=C(O)CN(C(=O)c1ccc2c(c1)CNC2)C1CC1. The molecule has 1 aliphatic carbocycles. The summed E-state index contributed by atoms with van der Waals surface area (Å²) in [4.78, 5) is 24.7. The summed E-state index contributed by atoms with van der Waals surface area (Å²) in [6.45, 7) is 1.41. The lowest BCUT2D eigenvalue weighted by molar-refractivity contribution is -0.137. The molecular weight excluding hydrogens is 244 g/mol. The first-order valence-corrected chi connectivity index (χ1v) is 6.50. The summed E-state index contributed by atoms with van der Waals surface area (Å²) < 4.78 is 0. The van der Waals surface area contributed by atoms with Gasteiger partial charge in [-0.15, -0.1) is 0 Å². The number of hydrogen-bond donors (Lipinski definition) is 2. The minimum absolute atomic E-state index is 0.106. The maximum absolute atomic E-state index is 12.4. The number of benzene rings is 1. The number of carbonyl (C=O) groups excluding carboxylic acids is 1. The first kappa shape index (κ1) is 12.2. The molecule has 1 fully saturated rings. The average Bonchev–Trinajstić information content (AvgIpc) is 3.12. The molecule has 2 aliphatic rings. The van der Waals surface area contributed by atoms with Gasteiger partial charge in [-0.3, -0.25) is 9.59 Å². The van der Waals surface area contributed by atoms with Gasteiger partial charge in [0.2, 0.25) is 0 Å². The van der Waals surface area contributed by atoms with Gasteiger partial charge in [0.15, 0.2) is 0 Å². The van der Waals surface area contributed by atoms with Gasteiger partial charge in [0.25, 0.3) is 5.91 Å². The highest BCUT2D eigenvalue weighted by Crippen LogP contribution is 2.28. The van der Waals surface area contributed by atoms with E-state index in [4.69, 9.17) is 5.11 Å². The molecule has 1 aliphatic heterocycles. The highest BCUT2D eigenvalue weighted by Gasteiger charge is 2.34. The molecule has 100 valence electrons. The van der Waals surface area contributed by atoms with E-state index >= 15 is 0 Å². The van der Waals surface area contributed by atoms with Gasteiger partial charge >= 0.3 is 5.97 Å². The first-order chi connectivity index (χ1) is 9.15. The smallest absolute Gasteiger partial charge is 0.323 e. The molecule has 2 N–H and O–H groups in total. The van der Waals surface area contributed by atoms with E-state index in [-0.39, 0.29) is 18.5 Å². The van der Waals surface area contributed by atoms with Crippen LogP contribution in [0.3, 0.4) is 0 Å². The van der Waals surface area contributed by atoms with E-state index in [0.717, 1.165) is 31.5 Å². The summed E-state index contributed by atoms with van der Waals surface area (Å²) in [5, 5.41) is 12.1. The summed E-state index contributed by atoms with van der Waals surface area (Å²) >= 11 is 0. The number of rotatable bonds is 4. The fourth-order valence-electron chi connectivity index (χ4n) is 2.49. The van der Waals surface area contributed by atoms with Crippen LogP contribution in [-0.2, 0) is 17.9 Å². The van der Waals surface area contributed by atoms with Crippen molar-refractivity contribution in [2.24, 2.45) is 0 Å². The van der Waals surface area contributed by atoms with Crippen molar-refractivity contribution in [2.75, 3.05) is 6.54 Å². The van der Waals surface area contributed by atoms with E-state index in [0.29, 0.717) is 5.56 Å². The summed E-state index contributed by atoms with van der Waals surface area (Å²) in [7, 11) is 0. The number of aliphatic carboxylic acids is 1. The lowest BCUT2D eigenvalue weighted by Crippen LogP contribution is -2.37. The fourth-order valence-corrected chi connectivity index (χ4v) is 2.49. The third-order valence-corrected chi connectivity index (χ3v) is 3.64. The van der Waals surface area contributed by atoms with Crippen molar-refractivity contribution in [2.45, 2.75) is 32.0 Å². The topological polar surface area (TPSA) is 69.6 Å². The molecule has 0 atom stereocenters. The molecule has 0 saturated heterocycles. The second-order valence-electron chi connectivity index (χ2n) is 5.15. The molecular formula is C14H16N2O3. The quantitative estimate of drug-likeness (QED) is 0.846. The van der Waals surface area contributed by atoms with Crippen LogP contribution in [0.15, 0.2) is 18.2 Å². The monoisotopic (exact) mass is 260 g/mol. The Morgan fingerprint density at radius 3 is 2.68 bits per heavy atom. The van der Waals surface area contributed by atoms with E-state index in [2.05, 4.69) is 5.32 Å². The molecule has 1 aromatic rings. The van der Waals surface area contributed by atoms with E-state index in [1.54, 1.807) is 6.07 Å². The van der Waals surface area contributed by atoms with Gasteiger partial charge in [-0.1, -0.05) is 6.07 Å². The summed E-state index contributed by atoms with van der Waals surface area (Å²) in [6.07, 6.45) is 1.82. The van der Waals surface area contributed by atoms with Gasteiger partial charge in [-0.05, 0) is 36.1 Å². The van der Waals surface area contributed by atoms with Crippen molar-refractivity contribution in [1.82, 2.24) is 10.2 Å². The summed E-state index contributed by atoms with van der Waals surface area (Å²) in [6, 6.07) is 5.74. The van der Waals surface area contributed by atoms with Gasteiger partial charge in [-0.2, -0.15) is 0 Å². The van der Waals surface area contributed by atoms with E-state index in [9.17, 15) is 9.59 Å². The third-order valence-electron chi connectivity index (χ3n) is 3.64. The van der Waals surface area contributed by atoms with Gasteiger partial charge in [0, 0.05) is 24.7 Å². The average molecular weight is 260 g/mol. The van der Waals surface area contributed by atoms with Crippen LogP contribution < -0.4 is 5.32 Å². The molecule has 0 aromatic heterocycles. The van der Waals surface area contributed by atoms with Crippen molar-refractivity contribution in [1.29, 1.82) is 0 Å². The molecule has 1 heterocycles. The third kappa shape index (κ3) is 2.46. The zero-order chi connectivity index (χ0) is 13.4. The zero-order valence-electron chi connectivity index (χ0n) is 10.6. The highest BCUT2D eigenvalue weighted by atomic mass is 16.4. The van der Waals surface area contributed by atoms with Crippen LogP contribution in [0, 0.1) is 0 Å². The number of fused-ring (bicyclic) bond motifs is 1. The second kappa shape index (κ2) is 4.66. The predicted molar refractivity (Wildman–Crippen MR) is 68.7 cm³/mol. The molecule has 1 amide bonds. The fraction of sp³-hybridized carbons (Fsp3) is 0.429. The van der Waals surface area contributed by atoms with Crippen LogP contribution in [0.4, 0.5) is 0 Å². The molecule has 0 unspecified atom stereocenters. The van der Waals surface area contributed by atoms with Crippen molar-refractivity contribution in [3.05, 3.63) is 34.9 Å². The maximum atomic E-state index is 12.4. The summed E-state index contributed by atoms with van der Waals surface area (Å²) in [5.74, 6) is -1.12. The number of nitrogens with one attached hydrogen (secondary N) is 1. The van der Waals surface area contributed by atoms with Crippen LogP contribution in [-0.4, -0.2) is 34.5 Å².